The fourth-order valence-corrected chi connectivity index (χ4v) is 10.4. The first-order chi connectivity index (χ1) is 40.8. The fraction of sp³-hybridized carbons (Fsp3) is 0.571. The first-order valence-corrected chi connectivity index (χ1v) is 31.3. The van der Waals surface area contributed by atoms with Crippen LogP contribution in [-0.4, -0.2) is 262 Å². The number of rotatable bonds is 12. The van der Waals surface area contributed by atoms with Crippen molar-refractivity contribution < 1.29 is 62.0 Å². The first-order valence-electron chi connectivity index (χ1n) is 29.0. The highest BCUT2D eigenvalue weighted by Gasteiger charge is 2.29. The van der Waals surface area contributed by atoms with E-state index in [2.05, 4.69) is 72.0 Å². The van der Waals surface area contributed by atoms with Crippen molar-refractivity contribution >= 4 is 64.9 Å². The van der Waals surface area contributed by atoms with E-state index in [0.717, 1.165) is 68.7 Å². The van der Waals surface area contributed by atoms with E-state index >= 15 is 0 Å². The van der Waals surface area contributed by atoms with E-state index in [9.17, 15) is 33.6 Å². The predicted octanol–water partition coefficient (Wildman–Crippen LogP) is 5.43. The second-order valence-corrected chi connectivity index (χ2v) is 23.0. The molecule has 7 heterocycles. The van der Waals surface area contributed by atoms with Crippen LogP contribution in [0.15, 0.2) is 117 Å². The Morgan fingerprint density at radius 3 is 1.34 bits per heavy atom. The average molecular weight is 1220 g/mol. The minimum absolute atomic E-state index is 0.00306. The van der Waals surface area contributed by atoms with E-state index in [0.29, 0.717) is 135 Å². The molecule has 0 bridgehead atoms. The molecule has 0 spiro atoms. The predicted molar refractivity (Wildman–Crippen MR) is 339 cm³/mol. The van der Waals surface area contributed by atoms with Gasteiger partial charge < -0.3 is 57.8 Å². The second-order valence-electron chi connectivity index (χ2n) is 20.5. The molecule has 0 N–H and O–H groups in total. The normalized spacial score (nSPS) is 19.4. The molecule has 22 heteroatoms. The zero-order valence-electron chi connectivity index (χ0n) is 51.4. The average Bonchev–Trinajstić information content (AvgIpc) is 3.63. The lowest BCUT2D eigenvalue weighted by Crippen LogP contribution is -2.50. The number of carbonyl (C=O) groups excluding carboxylic acids is 7. The Morgan fingerprint density at radius 2 is 0.894 bits per heavy atom. The van der Waals surface area contributed by atoms with Crippen molar-refractivity contribution in [2.75, 3.05) is 174 Å². The van der Waals surface area contributed by atoms with Gasteiger partial charge in [0.1, 0.15) is 6.73 Å². The highest BCUT2D eigenvalue weighted by molar-refractivity contribution is 7.99. The lowest BCUT2D eigenvalue weighted by molar-refractivity contribution is -0.145. The molecule has 0 saturated carbocycles. The first kappa shape index (κ1) is 75.2. The molecule has 8 rings (SSSR count). The zero-order chi connectivity index (χ0) is 62.9. The maximum Gasteiger partial charge on any atom is 0.334 e. The highest BCUT2D eigenvalue weighted by Crippen LogP contribution is 2.17. The van der Waals surface area contributed by atoms with Gasteiger partial charge in [0.2, 0.25) is 35.4 Å². The molecule has 1 aromatic carbocycles. The Morgan fingerprint density at radius 1 is 0.506 bits per heavy atom. The van der Waals surface area contributed by atoms with Crippen LogP contribution in [0, 0.1) is 5.92 Å². The molecular weight excluding hydrogens is 1130 g/mol. The lowest BCUT2D eigenvalue weighted by atomic mass is 10.0. The molecule has 0 aromatic heterocycles. The summed E-state index contributed by atoms with van der Waals surface area (Å²) < 4.78 is 31.1. The van der Waals surface area contributed by atoms with Gasteiger partial charge in [0.25, 0.3) is 0 Å². The largest absolute Gasteiger partial charge is 0.446 e. The Kier molecular flexibility index (Phi) is 39.5. The van der Waals surface area contributed by atoms with Crippen LogP contribution in [0.1, 0.15) is 40.2 Å². The summed E-state index contributed by atoms with van der Waals surface area (Å²) in [6, 6.07) is 10.5. The van der Waals surface area contributed by atoms with Gasteiger partial charge in [-0.05, 0) is 63.0 Å². The zero-order valence-corrected chi connectivity index (χ0v) is 53.1. The molecule has 2 unspecified atom stereocenters. The third-order valence-electron chi connectivity index (χ3n) is 13.5. The van der Waals surface area contributed by atoms with Gasteiger partial charge >= 0.3 is 5.97 Å². The van der Waals surface area contributed by atoms with Gasteiger partial charge in [-0.25, -0.2) is 4.79 Å². The summed E-state index contributed by atoms with van der Waals surface area (Å²) in [7, 11) is 0. The van der Waals surface area contributed by atoms with Gasteiger partial charge in [-0.3, -0.25) is 33.7 Å². The number of ether oxygens (including phenoxy) is 6. The summed E-state index contributed by atoms with van der Waals surface area (Å²) in [6.07, 6.45) is 6.31. The number of benzene rings is 1. The van der Waals surface area contributed by atoms with Gasteiger partial charge in [-0.2, -0.15) is 23.5 Å². The second kappa shape index (κ2) is 44.6. The van der Waals surface area contributed by atoms with Crippen molar-refractivity contribution in [3.05, 3.63) is 123 Å². The van der Waals surface area contributed by atoms with Crippen LogP contribution in [0.2, 0.25) is 0 Å². The number of hydrogen-bond acceptors (Lipinski definition) is 16. The molecule has 20 nitrogen and oxygen atoms in total. The molecule has 6 amide bonds. The molecule has 7 aliphatic rings. The van der Waals surface area contributed by atoms with Gasteiger partial charge in [-0.1, -0.05) is 90.2 Å². The number of carbonyl (C=O) groups is 7. The molecule has 7 saturated heterocycles. The third-order valence-corrected chi connectivity index (χ3v) is 15.4. The highest BCUT2D eigenvalue weighted by atomic mass is 32.2. The SMILES string of the molecule is C=C(C)C(=O)N1CCOCC1.C=C(C)C(=O)N1CCSCC1.C=C(C)C(=O)OCN1CCOCC1.C=CC(=O)N1CCOCC1.C=CC(=O)N1CCOCC1C(C)C.C=CC(=O)N1CCOCC1Cc1ccccc1.C=CC(=O)N1CCSCC1. The maximum absolute atomic E-state index is 11.7. The molecule has 474 valence electrons. The number of hydrogen-bond donors (Lipinski definition) is 0. The summed E-state index contributed by atoms with van der Waals surface area (Å²) >= 11 is 3.80. The van der Waals surface area contributed by atoms with Crippen LogP contribution in [0.3, 0.4) is 0 Å². The van der Waals surface area contributed by atoms with E-state index in [1.807, 2.05) is 66.2 Å². The van der Waals surface area contributed by atoms with Crippen LogP contribution < -0.4 is 0 Å². The minimum Gasteiger partial charge on any atom is -0.446 e. The van der Waals surface area contributed by atoms with Crippen LogP contribution >= 0.6 is 23.5 Å². The molecule has 0 radical (unpaired) electrons. The van der Waals surface area contributed by atoms with Crippen LogP contribution in [0.25, 0.3) is 0 Å². The molecule has 7 aliphatic heterocycles. The fourth-order valence-electron chi connectivity index (χ4n) is 8.59. The Bertz CT molecular complexity index is 2200. The Labute approximate surface area is 515 Å². The van der Waals surface area contributed by atoms with Crippen LogP contribution in [0.5, 0.6) is 0 Å². The molecule has 7 fully saturated rings. The van der Waals surface area contributed by atoms with Crippen molar-refractivity contribution in [3.8, 4) is 0 Å². The van der Waals surface area contributed by atoms with Crippen molar-refractivity contribution in [3.63, 3.8) is 0 Å². The number of nitrogens with zero attached hydrogens (tertiary/aromatic N) is 7. The summed E-state index contributed by atoms with van der Waals surface area (Å²) in [5.41, 5.74) is 2.92. The molecular formula is C63H97N7O13S2. The summed E-state index contributed by atoms with van der Waals surface area (Å²) in [5, 5.41) is 0. The minimum atomic E-state index is -0.327. The summed E-state index contributed by atoms with van der Waals surface area (Å²) in [6.45, 7) is 50.2. The van der Waals surface area contributed by atoms with Crippen molar-refractivity contribution in [1.29, 1.82) is 0 Å². The lowest BCUT2D eigenvalue weighted by Gasteiger charge is -2.37. The smallest absolute Gasteiger partial charge is 0.334 e. The molecule has 2 atom stereocenters. The van der Waals surface area contributed by atoms with E-state index in [4.69, 9.17) is 28.4 Å². The summed E-state index contributed by atoms with van der Waals surface area (Å²) in [4.78, 5) is 91.6. The van der Waals surface area contributed by atoms with E-state index in [1.165, 1.54) is 29.9 Å². The van der Waals surface area contributed by atoms with Crippen molar-refractivity contribution in [2.24, 2.45) is 5.92 Å². The molecule has 0 aliphatic carbocycles. The number of amides is 6. The standard InChI is InChI=1S/C14H17NO2.C10H17NO2.C9H15NO3.C8H13NO2.C8H13NOS.C7H11NO2.C7H11NOS/c1-2-14(16)15-8-9-17-11-13(15)10-12-6-4-3-5-7-12;1-4-10(12)11-5-6-13-7-9(11)8(2)3;1-8(2)9(11)13-7-10-3-5-12-6-4-10;2*1-7(2)8(10)9-3-5-11-6-4-9;2*1-2-7(9)8-3-5-10-6-4-8/h2-7,13H,1,8-11H2;4,8-9H,1,5-7H2,2-3H3;1,3-7H2,2H3;2*1,3-6H2,2H3;2*2H,1,3-6H2. The van der Waals surface area contributed by atoms with Crippen molar-refractivity contribution in [2.45, 2.75) is 53.1 Å². The third kappa shape index (κ3) is 30.9. The Hall–Kier alpha value is -5.85. The maximum atomic E-state index is 11.7. The number of thioether (sulfide) groups is 2. The van der Waals surface area contributed by atoms with Crippen LogP contribution in [-0.2, 0) is 68.4 Å². The summed E-state index contributed by atoms with van der Waals surface area (Å²) in [5.74, 6) is 4.63. The van der Waals surface area contributed by atoms with Crippen LogP contribution in [0.4, 0.5) is 0 Å². The molecule has 1 aromatic rings. The van der Waals surface area contributed by atoms with Gasteiger partial charge in [0, 0.05) is 118 Å². The van der Waals surface area contributed by atoms with Crippen molar-refractivity contribution in [1.82, 2.24) is 34.3 Å². The van der Waals surface area contributed by atoms with Gasteiger partial charge in [-0.15, -0.1) is 0 Å². The number of esters is 1. The Balaban J connectivity index is 0.000000341. The quantitative estimate of drug-likeness (QED) is 0.190. The van der Waals surface area contributed by atoms with Gasteiger partial charge in [0.15, 0.2) is 0 Å². The molecule has 85 heavy (non-hydrogen) atoms. The van der Waals surface area contributed by atoms with E-state index < -0.39 is 0 Å². The van der Waals surface area contributed by atoms with E-state index in [-0.39, 0.29) is 53.5 Å². The monoisotopic (exact) mass is 1220 g/mol. The topological polar surface area (TPSA) is 198 Å². The number of morpholine rings is 5. The van der Waals surface area contributed by atoms with Gasteiger partial charge in [0.05, 0.1) is 78.2 Å². The van der Waals surface area contributed by atoms with E-state index in [1.54, 1.807) is 30.6 Å².